The number of piperazine rings is 1. The number of anilines is 1. The minimum atomic E-state index is -0.181. The molecule has 1 saturated heterocycles. The number of nitrogens with one attached hydrogen (secondary N) is 1. The van der Waals surface area contributed by atoms with Gasteiger partial charge in [-0.25, -0.2) is 0 Å². The lowest BCUT2D eigenvalue weighted by Crippen LogP contribution is -2.49. The van der Waals surface area contributed by atoms with Gasteiger partial charge in [0.25, 0.3) is 11.5 Å². The average molecular weight is 435 g/mol. The molecule has 7 heteroatoms. The predicted octanol–water partition coefficient (Wildman–Crippen LogP) is 3.82. The molecule has 0 spiro atoms. The van der Waals surface area contributed by atoms with Gasteiger partial charge in [-0.1, -0.05) is 18.2 Å². The smallest absolute Gasteiger partial charge is 0.262 e. The van der Waals surface area contributed by atoms with Crippen LogP contribution in [-0.2, 0) is 6.54 Å². The van der Waals surface area contributed by atoms with E-state index >= 15 is 0 Å². The Balaban J connectivity index is 1.54. The minimum Gasteiger partial charge on any atom is -0.368 e. The summed E-state index contributed by atoms with van der Waals surface area (Å²) in [6.07, 6.45) is 1.63. The minimum absolute atomic E-state index is 0.0305. The van der Waals surface area contributed by atoms with Crippen LogP contribution < -0.4 is 10.5 Å². The van der Waals surface area contributed by atoms with E-state index in [4.69, 9.17) is 12.2 Å². The van der Waals surface area contributed by atoms with E-state index in [1.807, 2.05) is 4.90 Å². The second-order valence-corrected chi connectivity index (χ2v) is 8.28. The maximum atomic E-state index is 13.1. The molecule has 1 N–H and O–H groups in total. The molecule has 0 atom stereocenters. The molecule has 0 bridgehead atoms. The van der Waals surface area contributed by atoms with Gasteiger partial charge in [0.05, 0.1) is 10.9 Å². The lowest BCUT2D eigenvalue weighted by molar-refractivity contribution is 0.0747. The summed E-state index contributed by atoms with van der Waals surface area (Å²) in [7, 11) is 0. The fraction of sp³-hybridized carbons (Fsp3) is 0.292. The first kappa shape index (κ1) is 21.1. The van der Waals surface area contributed by atoms with E-state index in [-0.39, 0.29) is 11.5 Å². The lowest BCUT2D eigenvalue weighted by atomic mass is 10.1. The van der Waals surface area contributed by atoms with Gasteiger partial charge in [-0.15, -0.1) is 6.58 Å². The topological polar surface area (TPSA) is 61.3 Å². The van der Waals surface area contributed by atoms with Crippen LogP contribution in [0.3, 0.4) is 0 Å². The predicted molar refractivity (Wildman–Crippen MR) is 128 cm³/mol. The van der Waals surface area contributed by atoms with E-state index in [1.54, 1.807) is 24.3 Å². The molecule has 1 fully saturated rings. The Bertz CT molecular complexity index is 1280. The van der Waals surface area contributed by atoms with E-state index in [0.717, 1.165) is 13.1 Å². The Morgan fingerprint density at radius 3 is 2.61 bits per heavy atom. The molecule has 3 aromatic rings. The summed E-state index contributed by atoms with van der Waals surface area (Å²) in [6.45, 7) is 11.2. The SMILES string of the molecule is C=CCn1c(=S)[nH]c2cc(C(=O)N3CCN(c4cccc(C)c4C)CC3)ccc2c1=O. The first-order chi connectivity index (χ1) is 14.9. The fourth-order valence-corrected chi connectivity index (χ4v) is 4.36. The Labute approximate surface area is 186 Å². The van der Waals surface area contributed by atoms with Crippen LogP contribution >= 0.6 is 12.2 Å². The third kappa shape index (κ3) is 3.93. The molecule has 0 saturated carbocycles. The van der Waals surface area contributed by atoms with Gasteiger partial charge in [-0.2, -0.15) is 0 Å². The molecular formula is C24H26N4O2S. The Hall–Kier alpha value is -3.19. The molecule has 0 aliphatic carbocycles. The van der Waals surface area contributed by atoms with Crippen molar-refractivity contribution in [2.24, 2.45) is 0 Å². The van der Waals surface area contributed by atoms with Gasteiger partial charge in [0.1, 0.15) is 0 Å². The Morgan fingerprint density at radius 1 is 1.16 bits per heavy atom. The zero-order valence-electron chi connectivity index (χ0n) is 17.9. The largest absolute Gasteiger partial charge is 0.368 e. The molecule has 1 aromatic heterocycles. The van der Waals surface area contributed by atoms with Gasteiger partial charge in [0.15, 0.2) is 4.77 Å². The molecule has 4 rings (SSSR count). The van der Waals surface area contributed by atoms with Gasteiger partial charge in [-0.3, -0.25) is 14.2 Å². The summed E-state index contributed by atoms with van der Waals surface area (Å²) >= 11 is 5.30. The number of benzene rings is 2. The van der Waals surface area contributed by atoms with Crippen LogP contribution in [0.2, 0.25) is 0 Å². The van der Waals surface area contributed by atoms with Gasteiger partial charge >= 0.3 is 0 Å². The van der Waals surface area contributed by atoms with Crippen LogP contribution in [0, 0.1) is 18.6 Å². The zero-order valence-corrected chi connectivity index (χ0v) is 18.7. The lowest BCUT2D eigenvalue weighted by Gasteiger charge is -2.37. The molecule has 31 heavy (non-hydrogen) atoms. The van der Waals surface area contributed by atoms with Crippen molar-refractivity contribution in [3.63, 3.8) is 0 Å². The zero-order chi connectivity index (χ0) is 22.1. The molecule has 1 aliphatic rings. The number of rotatable bonds is 4. The molecule has 1 aliphatic heterocycles. The van der Waals surface area contributed by atoms with Gasteiger partial charge < -0.3 is 14.8 Å². The summed E-state index contributed by atoms with van der Waals surface area (Å²) < 4.78 is 1.78. The van der Waals surface area contributed by atoms with Crippen LogP contribution in [0.4, 0.5) is 5.69 Å². The fourth-order valence-electron chi connectivity index (χ4n) is 4.09. The van der Waals surface area contributed by atoms with Crippen molar-refractivity contribution in [3.05, 3.63) is 80.9 Å². The summed E-state index contributed by atoms with van der Waals surface area (Å²) in [4.78, 5) is 33.1. The number of aromatic amines is 1. The highest BCUT2D eigenvalue weighted by Gasteiger charge is 2.23. The van der Waals surface area contributed by atoms with Crippen LogP contribution in [0.5, 0.6) is 0 Å². The van der Waals surface area contributed by atoms with Crippen molar-refractivity contribution in [1.82, 2.24) is 14.5 Å². The number of carbonyl (C=O) groups excluding carboxylic acids is 1. The van der Waals surface area contributed by atoms with Crippen molar-refractivity contribution in [1.29, 1.82) is 0 Å². The first-order valence-corrected chi connectivity index (χ1v) is 10.8. The molecule has 2 aromatic carbocycles. The van der Waals surface area contributed by atoms with E-state index in [2.05, 4.69) is 48.5 Å². The highest BCUT2D eigenvalue weighted by atomic mass is 32.1. The number of H-pyrrole nitrogens is 1. The molecule has 0 radical (unpaired) electrons. The molecule has 0 unspecified atom stereocenters. The highest BCUT2D eigenvalue weighted by molar-refractivity contribution is 7.71. The monoisotopic (exact) mass is 434 g/mol. The third-order valence-electron chi connectivity index (χ3n) is 6.02. The molecule has 160 valence electrons. The number of nitrogens with zero attached hydrogens (tertiary/aromatic N) is 3. The van der Waals surface area contributed by atoms with Crippen LogP contribution in [-0.4, -0.2) is 46.5 Å². The van der Waals surface area contributed by atoms with E-state index < -0.39 is 0 Å². The van der Waals surface area contributed by atoms with Gasteiger partial charge in [-0.05, 0) is 61.5 Å². The average Bonchev–Trinajstić information content (AvgIpc) is 2.78. The van der Waals surface area contributed by atoms with Crippen LogP contribution in [0.15, 0.2) is 53.8 Å². The van der Waals surface area contributed by atoms with Crippen LogP contribution in [0.1, 0.15) is 21.5 Å². The quantitative estimate of drug-likeness (QED) is 0.501. The summed E-state index contributed by atoms with van der Waals surface area (Å²) in [6, 6.07) is 11.5. The number of aromatic nitrogens is 2. The van der Waals surface area contributed by atoms with E-state index in [1.165, 1.54) is 21.4 Å². The second kappa shape index (κ2) is 8.51. The number of hydrogen-bond donors (Lipinski definition) is 1. The number of aryl methyl sites for hydroxylation is 1. The summed E-state index contributed by atoms with van der Waals surface area (Å²) in [5, 5.41) is 0.506. The third-order valence-corrected chi connectivity index (χ3v) is 6.35. The second-order valence-electron chi connectivity index (χ2n) is 7.89. The molecule has 2 heterocycles. The van der Waals surface area contributed by atoms with Crippen molar-refractivity contribution in [2.75, 3.05) is 31.1 Å². The number of carbonyl (C=O) groups is 1. The standard InChI is InChI=1S/C24H26N4O2S/c1-4-10-28-23(30)19-9-8-18(15-20(19)25-24(28)31)22(29)27-13-11-26(12-14-27)21-7-5-6-16(2)17(21)3/h4-9,15H,1,10-14H2,2-3H3,(H,25,31). The summed E-state index contributed by atoms with van der Waals surface area (Å²) in [5.74, 6) is -0.0305. The maximum absolute atomic E-state index is 13.1. The Kier molecular flexibility index (Phi) is 5.78. The number of fused-ring (bicyclic) bond motifs is 1. The highest BCUT2D eigenvalue weighted by Crippen LogP contribution is 2.24. The van der Waals surface area contributed by atoms with E-state index in [9.17, 15) is 9.59 Å². The number of allylic oxidation sites excluding steroid dienone is 1. The van der Waals surface area contributed by atoms with Crippen LogP contribution in [0.25, 0.3) is 10.9 Å². The van der Waals surface area contributed by atoms with Gasteiger partial charge in [0.2, 0.25) is 0 Å². The maximum Gasteiger partial charge on any atom is 0.262 e. The Morgan fingerprint density at radius 2 is 1.90 bits per heavy atom. The van der Waals surface area contributed by atoms with Crippen molar-refractivity contribution in [2.45, 2.75) is 20.4 Å². The van der Waals surface area contributed by atoms with E-state index in [0.29, 0.717) is 40.9 Å². The molecular weight excluding hydrogens is 408 g/mol. The first-order valence-electron chi connectivity index (χ1n) is 10.4. The van der Waals surface area contributed by atoms with Crippen molar-refractivity contribution < 1.29 is 4.79 Å². The van der Waals surface area contributed by atoms with Crippen molar-refractivity contribution >= 4 is 34.7 Å². The number of amides is 1. The summed E-state index contributed by atoms with van der Waals surface area (Å²) in [5.41, 5.74) is 4.75. The molecule has 6 nitrogen and oxygen atoms in total. The molecule has 1 amide bonds. The van der Waals surface area contributed by atoms with Gasteiger partial charge in [0, 0.05) is 44.0 Å². The van der Waals surface area contributed by atoms with Crippen molar-refractivity contribution in [3.8, 4) is 0 Å². The normalized spacial score (nSPS) is 14.1. The number of hydrogen-bond acceptors (Lipinski definition) is 4.